The lowest BCUT2D eigenvalue weighted by Crippen LogP contribution is -2.51. The summed E-state index contributed by atoms with van der Waals surface area (Å²) in [6, 6.07) is 15.7. The average molecular weight is 514 g/mol. The summed E-state index contributed by atoms with van der Waals surface area (Å²) in [4.78, 5) is 52.9. The van der Waals surface area contributed by atoms with Crippen molar-refractivity contribution < 1.29 is 38.1 Å². The molecule has 37 heavy (non-hydrogen) atoms. The molecule has 0 spiro atoms. The summed E-state index contributed by atoms with van der Waals surface area (Å²) in [6.07, 6.45) is -3.86. The number of rotatable bonds is 7. The molecule has 0 heterocycles. The van der Waals surface area contributed by atoms with Crippen LogP contribution in [0.15, 0.2) is 60.7 Å². The topological polar surface area (TPSA) is 108 Å². The van der Waals surface area contributed by atoms with Crippen molar-refractivity contribution in [2.24, 2.45) is 0 Å². The maximum absolute atomic E-state index is 13.4. The van der Waals surface area contributed by atoms with Gasteiger partial charge in [0.25, 0.3) is 0 Å². The Hall–Kier alpha value is -3.88. The molecule has 2 amide bonds. The number of amides is 2. The molecule has 0 saturated heterocycles. The molecule has 0 saturated carbocycles. The Morgan fingerprint density at radius 3 is 1.65 bits per heavy atom. The third-order valence-corrected chi connectivity index (χ3v) is 4.64. The summed E-state index contributed by atoms with van der Waals surface area (Å²) in [6.45, 7) is 10.8. The van der Waals surface area contributed by atoms with Crippen LogP contribution < -0.4 is 0 Å². The fraction of sp³-hybridized carbons (Fsp3) is 0.429. The number of imide groups is 1. The van der Waals surface area contributed by atoms with E-state index in [4.69, 9.17) is 18.9 Å². The molecule has 0 fully saturated rings. The van der Waals surface area contributed by atoms with Crippen LogP contribution in [0.4, 0.5) is 9.59 Å². The minimum absolute atomic E-state index is 0.113. The number of carbonyl (C=O) groups excluding carboxylic acids is 4. The lowest BCUT2D eigenvalue weighted by molar-refractivity contribution is -0.172. The van der Waals surface area contributed by atoms with E-state index >= 15 is 0 Å². The smallest absolute Gasteiger partial charge is 0.420 e. The number of esters is 2. The van der Waals surface area contributed by atoms with Crippen LogP contribution in [0.2, 0.25) is 0 Å². The highest BCUT2D eigenvalue weighted by atomic mass is 16.6. The number of benzene rings is 2. The molecule has 0 aliphatic heterocycles. The minimum atomic E-state index is -1.70. The fourth-order valence-corrected chi connectivity index (χ4v) is 3.26. The third kappa shape index (κ3) is 9.59. The molecular weight excluding hydrogens is 478 g/mol. The molecular formula is C28H35NO8. The molecule has 0 aromatic heterocycles. The van der Waals surface area contributed by atoms with Crippen molar-refractivity contribution in [2.45, 2.75) is 78.4 Å². The van der Waals surface area contributed by atoms with Gasteiger partial charge in [0.2, 0.25) is 6.10 Å². The molecule has 2 atom stereocenters. The Balaban J connectivity index is 2.60. The van der Waals surface area contributed by atoms with Gasteiger partial charge in [0, 0.05) is 6.92 Å². The predicted octanol–water partition coefficient (Wildman–Crippen LogP) is 5.58. The monoisotopic (exact) mass is 513 g/mol. The Bertz CT molecular complexity index is 1040. The van der Waals surface area contributed by atoms with Gasteiger partial charge in [0.15, 0.2) is 0 Å². The van der Waals surface area contributed by atoms with Crippen LogP contribution in [0, 0.1) is 0 Å². The van der Waals surface area contributed by atoms with Crippen LogP contribution in [0.25, 0.3) is 0 Å². The van der Waals surface area contributed by atoms with Gasteiger partial charge in [-0.25, -0.2) is 19.3 Å². The molecule has 0 aliphatic carbocycles. The fourth-order valence-electron chi connectivity index (χ4n) is 3.26. The molecule has 1 unspecified atom stereocenters. The maximum Gasteiger partial charge on any atom is 0.420 e. The Morgan fingerprint density at radius 2 is 1.22 bits per heavy atom. The number of nitrogens with zero attached hydrogens (tertiary/aromatic N) is 1. The van der Waals surface area contributed by atoms with E-state index in [-0.39, 0.29) is 6.61 Å². The van der Waals surface area contributed by atoms with Crippen LogP contribution in [0.1, 0.15) is 65.6 Å². The van der Waals surface area contributed by atoms with E-state index in [0.717, 1.165) is 6.92 Å². The van der Waals surface area contributed by atoms with Gasteiger partial charge in [-0.15, -0.1) is 0 Å². The van der Waals surface area contributed by atoms with Gasteiger partial charge in [-0.3, -0.25) is 4.79 Å². The zero-order chi connectivity index (χ0) is 27.8. The van der Waals surface area contributed by atoms with E-state index in [9.17, 15) is 19.2 Å². The van der Waals surface area contributed by atoms with E-state index in [1.54, 1.807) is 96.1 Å². The van der Waals surface area contributed by atoms with E-state index in [1.165, 1.54) is 0 Å². The van der Waals surface area contributed by atoms with Gasteiger partial charge in [0.1, 0.15) is 23.9 Å². The van der Waals surface area contributed by atoms with Gasteiger partial charge in [-0.2, -0.15) is 0 Å². The van der Waals surface area contributed by atoms with Crippen LogP contribution >= 0.6 is 0 Å². The first-order valence-electron chi connectivity index (χ1n) is 11.9. The first kappa shape index (κ1) is 29.4. The van der Waals surface area contributed by atoms with Crippen LogP contribution in [-0.4, -0.2) is 46.3 Å². The van der Waals surface area contributed by atoms with Crippen LogP contribution in [0.3, 0.4) is 0 Å². The van der Waals surface area contributed by atoms with E-state index in [0.29, 0.717) is 16.0 Å². The SMILES string of the molecule is CC(=O)O[C@@H](C(=O)OCc1ccccc1)C(c1ccccc1)N(C(=O)OC(C)(C)C)C(=O)OC(C)(C)C. The highest BCUT2D eigenvalue weighted by Gasteiger charge is 2.46. The van der Waals surface area contributed by atoms with Gasteiger partial charge in [0.05, 0.1) is 0 Å². The first-order chi connectivity index (χ1) is 17.2. The van der Waals surface area contributed by atoms with Crippen molar-refractivity contribution in [1.82, 2.24) is 4.90 Å². The third-order valence-electron chi connectivity index (χ3n) is 4.64. The van der Waals surface area contributed by atoms with Gasteiger partial charge in [-0.05, 0) is 52.7 Å². The maximum atomic E-state index is 13.4. The molecule has 0 bridgehead atoms. The highest BCUT2D eigenvalue weighted by Crippen LogP contribution is 2.31. The van der Waals surface area contributed by atoms with E-state index < -0.39 is 47.5 Å². The molecule has 9 nitrogen and oxygen atoms in total. The van der Waals surface area contributed by atoms with Crippen molar-refractivity contribution in [3.05, 3.63) is 71.8 Å². The summed E-state index contributed by atoms with van der Waals surface area (Å²) in [5, 5.41) is 0. The molecule has 2 aromatic rings. The molecule has 200 valence electrons. The second-order valence-electron chi connectivity index (χ2n) is 10.3. The zero-order valence-corrected chi connectivity index (χ0v) is 22.3. The second kappa shape index (κ2) is 12.4. The first-order valence-corrected chi connectivity index (χ1v) is 11.9. The number of hydrogen-bond acceptors (Lipinski definition) is 8. The van der Waals surface area contributed by atoms with Crippen molar-refractivity contribution in [3.63, 3.8) is 0 Å². The molecule has 0 radical (unpaired) electrons. The molecule has 0 N–H and O–H groups in total. The predicted molar refractivity (Wildman–Crippen MR) is 135 cm³/mol. The highest BCUT2D eigenvalue weighted by molar-refractivity contribution is 5.90. The zero-order valence-electron chi connectivity index (χ0n) is 22.3. The molecule has 9 heteroatoms. The second-order valence-corrected chi connectivity index (χ2v) is 10.3. The summed E-state index contributed by atoms with van der Waals surface area (Å²) in [7, 11) is 0. The minimum Gasteiger partial charge on any atom is -0.458 e. The van der Waals surface area contributed by atoms with Crippen molar-refractivity contribution in [1.29, 1.82) is 0 Å². The van der Waals surface area contributed by atoms with Crippen LogP contribution in [0.5, 0.6) is 0 Å². The molecule has 0 aliphatic rings. The summed E-state index contributed by atoms with van der Waals surface area (Å²) in [5.74, 6) is -1.76. The standard InChI is InChI=1S/C28H35NO8/c1-19(30)35-23(24(31)34-18-20-14-10-8-11-15-20)22(21-16-12-9-13-17-21)29(25(32)36-27(2,3)4)26(33)37-28(5,6)7/h8-17,22-23H,18H2,1-7H3/t22?,23-/m1/s1. The Kier molecular flexibility index (Phi) is 9.82. The van der Waals surface area contributed by atoms with E-state index in [2.05, 4.69) is 0 Å². The average Bonchev–Trinajstić information content (AvgIpc) is 2.78. The summed E-state index contributed by atoms with van der Waals surface area (Å²) >= 11 is 0. The summed E-state index contributed by atoms with van der Waals surface area (Å²) < 4.78 is 21.8. The molecule has 2 rings (SSSR count). The number of hydrogen-bond donors (Lipinski definition) is 0. The van der Waals surface area contributed by atoms with Crippen molar-refractivity contribution in [2.75, 3.05) is 0 Å². The van der Waals surface area contributed by atoms with Crippen molar-refractivity contribution in [3.8, 4) is 0 Å². The number of carbonyl (C=O) groups is 4. The van der Waals surface area contributed by atoms with Gasteiger partial charge >= 0.3 is 24.1 Å². The largest absolute Gasteiger partial charge is 0.458 e. The number of ether oxygens (including phenoxy) is 4. The quantitative estimate of drug-likeness (QED) is 0.349. The normalized spacial score (nSPS) is 13.1. The lowest BCUT2D eigenvalue weighted by atomic mass is 9.99. The van der Waals surface area contributed by atoms with Gasteiger partial charge < -0.3 is 18.9 Å². The lowest BCUT2D eigenvalue weighted by Gasteiger charge is -2.36. The summed E-state index contributed by atoms with van der Waals surface area (Å²) in [5.41, 5.74) is -0.945. The van der Waals surface area contributed by atoms with Crippen LogP contribution in [-0.2, 0) is 35.1 Å². The Labute approximate surface area is 217 Å². The van der Waals surface area contributed by atoms with E-state index in [1.807, 2.05) is 6.07 Å². The Morgan fingerprint density at radius 1 is 0.757 bits per heavy atom. The molecule has 2 aromatic carbocycles. The van der Waals surface area contributed by atoms with Crippen molar-refractivity contribution >= 4 is 24.1 Å². The van der Waals surface area contributed by atoms with Gasteiger partial charge in [-0.1, -0.05) is 60.7 Å².